The van der Waals surface area contributed by atoms with Crippen LogP contribution in [0.5, 0.6) is 5.75 Å². The van der Waals surface area contributed by atoms with Crippen molar-refractivity contribution in [1.29, 1.82) is 0 Å². The highest BCUT2D eigenvalue weighted by molar-refractivity contribution is 6.41. The molecule has 2 aromatic carbocycles. The molecule has 150 valence electrons. The monoisotopic (exact) mass is 395 g/mol. The first kappa shape index (κ1) is 19.1. The average molecular weight is 395 g/mol. The standard InChI is InChI=1S/C22H22FN3O3/c1-14(27)21-13-25(17-5-7-18(29-2)8-6-17)9-10-26(21)22(28)20-11-15-3-4-16(23)12-19(15)24-20/h3-8,12,21H,9-11,13H2,1-2H3. The van der Waals surface area contributed by atoms with Crippen LogP contribution in [0.2, 0.25) is 0 Å². The normalized spacial score (nSPS) is 18.3. The van der Waals surface area contributed by atoms with Gasteiger partial charge in [0.25, 0.3) is 5.91 Å². The van der Waals surface area contributed by atoms with E-state index in [1.165, 1.54) is 19.1 Å². The molecule has 0 saturated carbocycles. The summed E-state index contributed by atoms with van der Waals surface area (Å²) in [6.45, 7) is 2.95. The zero-order valence-electron chi connectivity index (χ0n) is 16.4. The highest BCUT2D eigenvalue weighted by atomic mass is 19.1. The Bertz CT molecular complexity index is 987. The summed E-state index contributed by atoms with van der Waals surface area (Å²) < 4.78 is 18.6. The Balaban J connectivity index is 1.52. The van der Waals surface area contributed by atoms with Gasteiger partial charge in [0.15, 0.2) is 5.78 Å². The van der Waals surface area contributed by atoms with Gasteiger partial charge in [0.2, 0.25) is 0 Å². The number of hydrogen-bond acceptors (Lipinski definition) is 5. The molecule has 2 heterocycles. The number of amides is 1. The number of nitrogens with zero attached hydrogens (tertiary/aromatic N) is 3. The molecule has 0 N–H and O–H groups in total. The average Bonchev–Trinajstić information content (AvgIpc) is 3.16. The number of benzene rings is 2. The molecular weight excluding hydrogens is 373 g/mol. The van der Waals surface area contributed by atoms with Crippen molar-refractivity contribution in [2.24, 2.45) is 4.99 Å². The lowest BCUT2D eigenvalue weighted by Gasteiger charge is -2.41. The maximum Gasteiger partial charge on any atom is 0.269 e. The van der Waals surface area contributed by atoms with Gasteiger partial charge in [-0.2, -0.15) is 0 Å². The van der Waals surface area contributed by atoms with E-state index in [4.69, 9.17) is 4.74 Å². The summed E-state index contributed by atoms with van der Waals surface area (Å²) in [4.78, 5) is 33.5. The molecule has 2 aromatic rings. The number of ether oxygens (including phenoxy) is 1. The molecule has 1 unspecified atom stereocenters. The van der Waals surface area contributed by atoms with Crippen molar-refractivity contribution in [1.82, 2.24) is 4.90 Å². The van der Waals surface area contributed by atoms with Gasteiger partial charge in [-0.25, -0.2) is 9.38 Å². The third kappa shape index (κ3) is 3.72. The minimum atomic E-state index is -0.554. The highest BCUT2D eigenvalue weighted by Crippen LogP contribution is 2.29. The van der Waals surface area contributed by atoms with Gasteiger partial charge in [0, 0.05) is 31.7 Å². The molecule has 0 aliphatic carbocycles. The Morgan fingerprint density at radius 1 is 1.14 bits per heavy atom. The Hall–Kier alpha value is -3.22. The number of aliphatic imine (C=N–C) groups is 1. The van der Waals surface area contributed by atoms with Crippen LogP contribution in [0.4, 0.5) is 15.8 Å². The lowest BCUT2D eigenvalue weighted by molar-refractivity contribution is -0.134. The molecule has 1 saturated heterocycles. The smallest absolute Gasteiger partial charge is 0.269 e. The van der Waals surface area contributed by atoms with Gasteiger partial charge in [-0.15, -0.1) is 0 Å². The number of halogens is 1. The van der Waals surface area contributed by atoms with Crippen molar-refractivity contribution < 1.29 is 18.7 Å². The number of hydrogen-bond donors (Lipinski definition) is 0. The van der Waals surface area contributed by atoms with E-state index in [2.05, 4.69) is 9.89 Å². The van der Waals surface area contributed by atoms with Gasteiger partial charge in [-0.3, -0.25) is 9.59 Å². The minimum Gasteiger partial charge on any atom is -0.497 e. The third-order valence-electron chi connectivity index (χ3n) is 5.46. The molecule has 1 amide bonds. The van der Waals surface area contributed by atoms with E-state index in [0.717, 1.165) is 17.0 Å². The van der Waals surface area contributed by atoms with Gasteiger partial charge < -0.3 is 14.5 Å². The summed E-state index contributed by atoms with van der Waals surface area (Å²) in [5, 5.41) is 0. The quantitative estimate of drug-likeness (QED) is 0.799. The molecule has 2 aliphatic heterocycles. The van der Waals surface area contributed by atoms with E-state index in [0.29, 0.717) is 37.5 Å². The molecule has 6 nitrogen and oxygen atoms in total. The summed E-state index contributed by atoms with van der Waals surface area (Å²) >= 11 is 0. The summed E-state index contributed by atoms with van der Waals surface area (Å²) in [5.74, 6) is 0.0618. The van der Waals surface area contributed by atoms with E-state index in [-0.39, 0.29) is 17.5 Å². The van der Waals surface area contributed by atoms with Crippen molar-refractivity contribution >= 4 is 28.8 Å². The second-order valence-corrected chi connectivity index (χ2v) is 7.28. The highest BCUT2D eigenvalue weighted by Gasteiger charge is 2.36. The number of rotatable bonds is 4. The molecule has 29 heavy (non-hydrogen) atoms. The number of piperazine rings is 1. The molecule has 0 spiro atoms. The number of anilines is 1. The molecular formula is C22H22FN3O3. The largest absolute Gasteiger partial charge is 0.497 e. The summed E-state index contributed by atoms with van der Waals surface area (Å²) in [5.41, 5.74) is 2.65. The lowest BCUT2D eigenvalue weighted by atomic mass is 10.0. The second kappa shape index (κ2) is 7.66. The molecule has 1 atom stereocenters. The first-order valence-corrected chi connectivity index (χ1v) is 9.52. The topological polar surface area (TPSA) is 62.2 Å². The summed E-state index contributed by atoms with van der Waals surface area (Å²) in [6, 6.07) is 11.4. The molecule has 0 radical (unpaired) electrons. The Kier molecular flexibility index (Phi) is 5.05. The molecule has 0 aromatic heterocycles. The number of carbonyl (C=O) groups excluding carboxylic acids is 2. The fourth-order valence-corrected chi connectivity index (χ4v) is 3.85. The zero-order chi connectivity index (χ0) is 20.5. The first-order valence-electron chi connectivity index (χ1n) is 9.52. The zero-order valence-corrected chi connectivity index (χ0v) is 16.4. The number of ketones is 1. The molecule has 7 heteroatoms. The van der Waals surface area contributed by atoms with Gasteiger partial charge in [0.05, 0.1) is 12.8 Å². The maximum absolute atomic E-state index is 13.4. The summed E-state index contributed by atoms with van der Waals surface area (Å²) in [7, 11) is 1.61. The number of carbonyl (C=O) groups is 2. The SMILES string of the molecule is COc1ccc(N2CCN(C(=O)C3=Nc4cc(F)ccc4C3)C(C(C)=O)C2)cc1. The van der Waals surface area contributed by atoms with Crippen LogP contribution in [0.1, 0.15) is 12.5 Å². The number of fused-ring (bicyclic) bond motifs is 1. The van der Waals surface area contributed by atoms with Crippen LogP contribution >= 0.6 is 0 Å². The van der Waals surface area contributed by atoms with E-state index < -0.39 is 6.04 Å². The lowest BCUT2D eigenvalue weighted by Crippen LogP contribution is -2.59. The molecule has 2 aliphatic rings. The maximum atomic E-state index is 13.4. The number of methoxy groups -OCH3 is 1. The predicted octanol–water partition coefficient (Wildman–Crippen LogP) is 2.77. The van der Waals surface area contributed by atoms with E-state index >= 15 is 0 Å². The van der Waals surface area contributed by atoms with Crippen LogP contribution in [0.25, 0.3) is 0 Å². The van der Waals surface area contributed by atoms with Crippen LogP contribution < -0.4 is 9.64 Å². The Morgan fingerprint density at radius 2 is 1.90 bits per heavy atom. The van der Waals surface area contributed by atoms with Crippen LogP contribution in [0.15, 0.2) is 47.5 Å². The Morgan fingerprint density at radius 3 is 2.59 bits per heavy atom. The van der Waals surface area contributed by atoms with E-state index in [9.17, 15) is 14.0 Å². The second-order valence-electron chi connectivity index (χ2n) is 7.28. The van der Waals surface area contributed by atoms with E-state index in [1.54, 1.807) is 18.1 Å². The third-order valence-corrected chi connectivity index (χ3v) is 5.46. The first-order chi connectivity index (χ1) is 14.0. The van der Waals surface area contributed by atoms with Gasteiger partial charge >= 0.3 is 0 Å². The Labute approximate surface area is 168 Å². The number of Topliss-reactive ketones (excluding diaryl/α,β-unsaturated/α-hetero) is 1. The van der Waals surface area contributed by atoms with Crippen molar-refractivity contribution in [2.45, 2.75) is 19.4 Å². The van der Waals surface area contributed by atoms with Gasteiger partial charge in [-0.1, -0.05) is 6.07 Å². The van der Waals surface area contributed by atoms with Crippen LogP contribution in [0.3, 0.4) is 0 Å². The van der Waals surface area contributed by atoms with Crippen molar-refractivity contribution in [2.75, 3.05) is 31.6 Å². The van der Waals surface area contributed by atoms with Crippen molar-refractivity contribution in [3.63, 3.8) is 0 Å². The van der Waals surface area contributed by atoms with Crippen LogP contribution in [-0.2, 0) is 16.0 Å². The molecule has 1 fully saturated rings. The predicted molar refractivity (Wildman–Crippen MR) is 109 cm³/mol. The minimum absolute atomic E-state index is 0.0706. The molecule has 4 rings (SSSR count). The van der Waals surface area contributed by atoms with Gasteiger partial charge in [0.1, 0.15) is 23.3 Å². The fourth-order valence-electron chi connectivity index (χ4n) is 3.85. The van der Waals surface area contributed by atoms with Crippen LogP contribution in [-0.4, -0.2) is 55.1 Å². The van der Waals surface area contributed by atoms with Crippen molar-refractivity contribution in [3.05, 3.63) is 53.8 Å². The van der Waals surface area contributed by atoms with E-state index in [1.807, 2.05) is 24.3 Å². The van der Waals surface area contributed by atoms with Crippen LogP contribution in [0, 0.1) is 5.82 Å². The summed E-state index contributed by atoms with van der Waals surface area (Å²) in [6.07, 6.45) is 0.359. The van der Waals surface area contributed by atoms with Gasteiger partial charge in [-0.05, 0) is 48.9 Å². The van der Waals surface area contributed by atoms with Crippen molar-refractivity contribution in [3.8, 4) is 5.75 Å². The molecule has 0 bridgehead atoms. The fraction of sp³-hybridized carbons (Fsp3) is 0.318.